The van der Waals surface area contributed by atoms with Crippen molar-refractivity contribution in [3.8, 4) is 11.1 Å². The SMILES string of the molecule is CN(C)C[C@H](NC(=O)OCC1c2ccccc2-c2ccccc21)C(=O)Nc1nn(C)cc1C(=O)O. The van der Waals surface area contributed by atoms with Gasteiger partial charge < -0.3 is 25.4 Å². The average molecular weight is 478 g/mol. The van der Waals surface area contributed by atoms with E-state index in [0.29, 0.717) is 0 Å². The molecular formula is C25H27N5O5. The first-order valence-electron chi connectivity index (χ1n) is 11.1. The van der Waals surface area contributed by atoms with Gasteiger partial charge in [-0.15, -0.1) is 0 Å². The van der Waals surface area contributed by atoms with Crippen molar-refractivity contribution >= 4 is 23.8 Å². The van der Waals surface area contributed by atoms with Gasteiger partial charge in [0.15, 0.2) is 5.82 Å². The molecule has 0 fully saturated rings. The van der Waals surface area contributed by atoms with Crippen LogP contribution >= 0.6 is 0 Å². The second-order valence-corrected chi connectivity index (χ2v) is 8.64. The average Bonchev–Trinajstić information content (AvgIpc) is 3.34. The molecule has 10 heteroatoms. The lowest BCUT2D eigenvalue weighted by Crippen LogP contribution is -2.49. The summed E-state index contributed by atoms with van der Waals surface area (Å²) in [5.74, 6) is -2.03. The van der Waals surface area contributed by atoms with Crippen LogP contribution in [0.2, 0.25) is 0 Å². The lowest BCUT2D eigenvalue weighted by molar-refractivity contribution is -0.118. The van der Waals surface area contributed by atoms with Crippen molar-refractivity contribution < 1.29 is 24.2 Å². The van der Waals surface area contributed by atoms with Crippen LogP contribution in [0.15, 0.2) is 54.7 Å². The number of aryl methyl sites for hydroxylation is 1. The minimum atomic E-state index is -1.22. The second kappa shape index (κ2) is 9.98. The number of amides is 2. The summed E-state index contributed by atoms with van der Waals surface area (Å²) in [6.45, 7) is 0.283. The fourth-order valence-corrected chi connectivity index (χ4v) is 4.28. The smallest absolute Gasteiger partial charge is 0.407 e. The molecule has 1 heterocycles. The molecule has 0 unspecified atom stereocenters. The number of alkyl carbamates (subject to hydrolysis) is 1. The van der Waals surface area contributed by atoms with Crippen molar-refractivity contribution in [2.45, 2.75) is 12.0 Å². The van der Waals surface area contributed by atoms with E-state index in [1.54, 1.807) is 26.0 Å². The van der Waals surface area contributed by atoms with Crippen molar-refractivity contribution in [3.63, 3.8) is 0 Å². The van der Waals surface area contributed by atoms with Crippen LogP contribution in [0.4, 0.5) is 10.6 Å². The number of nitrogens with zero attached hydrogens (tertiary/aromatic N) is 3. The number of hydrogen-bond acceptors (Lipinski definition) is 6. The Balaban J connectivity index is 1.44. The summed E-state index contributed by atoms with van der Waals surface area (Å²) in [7, 11) is 5.06. The van der Waals surface area contributed by atoms with Gasteiger partial charge in [-0.2, -0.15) is 5.10 Å². The van der Waals surface area contributed by atoms with Crippen molar-refractivity contribution in [2.24, 2.45) is 7.05 Å². The van der Waals surface area contributed by atoms with Crippen molar-refractivity contribution in [1.82, 2.24) is 20.0 Å². The van der Waals surface area contributed by atoms with E-state index in [4.69, 9.17) is 4.74 Å². The lowest BCUT2D eigenvalue weighted by atomic mass is 9.98. The summed E-state index contributed by atoms with van der Waals surface area (Å²) in [5.41, 5.74) is 4.25. The predicted molar refractivity (Wildman–Crippen MR) is 129 cm³/mol. The van der Waals surface area contributed by atoms with Crippen LogP contribution in [0.25, 0.3) is 11.1 Å². The Hall–Kier alpha value is -4.18. The maximum absolute atomic E-state index is 12.9. The third-order valence-electron chi connectivity index (χ3n) is 5.80. The van der Waals surface area contributed by atoms with Gasteiger partial charge in [-0.1, -0.05) is 48.5 Å². The summed E-state index contributed by atoms with van der Waals surface area (Å²) in [6, 6.07) is 15.0. The van der Waals surface area contributed by atoms with Crippen LogP contribution in [-0.2, 0) is 16.6 Å². The normalized spacial score (nSPS) is 13.1. The number of carbonyl (C=O) groups is 3. The molecule has 2 amide bonds. The zero-order valence-corrected chi connectivity index (χ0v) is 19.7. The Kier molecular flexibility index (Phi) is 6.83. The van der Waals surface area contributed by atoms with E-state index in [1.165, 1.54) is 10.9 Å². The highest BCUT2D eigenvalue weighted by Crippen LogP contribution is 2.44. The highest BCUT2D eigenvalue weighted by molar-refractivity contribution is 6.01. The molecule has 0 spiro atoms. The maximum atomic E-state index is 12.9. The quantitative estimate of drug-likeness (QED) is 0.455. The first-order chi connectivity index (χ1) is 16.7. The van der Waals surface area contributed by atoms with Gasteiger partial charge in [-0.05, 0) is 36.3 Å². The van der Waals surface area contributed by atoms with E-state index < -0.39 is 24.0 Å². The van der Waals surface area contributed by atoms with Gasteiger partial charge in [0.1, 0.15) is 18.2 Å². The van der Waals surface area contributed by atoms with Crippen LogP contribution in [0.3, 0.4) is 0 Å². The summed E-state index contributed by atoms with van der Waals surface area (Å²) in [4.78, 5) is 38.8. The predicted octanol–water partition coefficient (Wildman–Crippen LogP) is 2.53. The van der Waals surface area contributed by atoms with E-state index in [1.807, 2.05) is 36.4 Å². The number of carbonyl (C=O) groups excluding carboxylic acids is 2. The first-order valence-corrected chi connectivity index (χ1v) is 11.1. The summed E-state index contributed by atoms with van der Waals surface area (Å²) >= 11 is 0. The number of likely N-dealkylation sites (N-methyl/N-ethyl adjacent to an activating group) is 1. The molecule has 0 radical (unpaired) electrons. The summed E-state index contributed by atoms with van der Waals surface area (Å²) < 4.78 is 6.85. The Bertz CT molecular complexity index is 1220. The number of hydrogen-bond donors (Lipinski definition) is 3. The minimum Gasteiger partial charge on any atom is -0.477 e. The molecule has 1 atom stereocenters. The molecule has 1 aliphatic rings. The Morgan fingerprint density at radius 1 is 1.09 bits per heavy atom. The zero-order chi connectivity index (χ0) is 25.1. The highest BCUT2D eigenvalue weighted by atomic mass is 16.5. The number of nitrogens with one attached hydrogen (secondary N) is 2. The molecule has 0 bridgehead atoms. The molecule has 4 rings (SSSR count). The third kappa shape index (κ3) is 5.17. The largest absolute Gasteiger partial charge is 0.477 e. The topological polar surface area (TPSA) is 126 Å². The van der Waals surface area contributed by atoms with E-state index in [0.717, 1.165) is 22.3 Å². The van der Waals surface area contributed by atoms with Gasteiger partial charge in [-0.25, -0.2) is 9.59 Å². The Labute approximate surface area is 202 Å². The monoisotopic (exact) mass is 477 g/mol. The van der Waals surface area contributed by atoms with E-state index in [-0.39, 0.29) is 30.5 Å². The van der Waals surface area contributed by atoms with E-state index in [2.05, 4.69) is 27.9 Å². The molecule has 0 aliphatic heterocycles. The fourth-order valence-electron chi connectivity index (χ4n) is 4.28. The van der Waals surface area contributed by atoms with E-state index >= 15 is 0 Å². The number of anilines is 1. The van der Waals surface area contributed by atoms with Gasteiger partial charge in [0.25, 0.3) is 0 Å². The number of ether oxygens (including phenoxy) is 1. The molecule has 182 valence electrons. The molecule has 3 aromatic rings. The molecule has 2 aromatic carbocycles. The van der Waals surface area contributed by atoms with Crippen LogP contribution in [0.5, 0.6) is 0 Å². The molecule has 10 nitrogen and oxygen atoms in total. The molecule has 1 aromatic heterocycles. The molecule has 3 N–H and O–H groups in total. The number of aromatic nitrogens is 2. The fraction of sp³-hybridized carbons (Fsp3) is 0.280. The number of carboxylic acid groups (broad SMARTS) is 1. The zero-order valence-electron chi connectivity index (χ0n) is 19.7. The van der Waals surface area contributed by atoms with Gasteiger partial charge in [-0.3, -0.25) is 9.48 Å². The van der Waals surface area contributed by atoms with Crippen LogP contribution in [-0.4, -0.2) is 71.0 Å². The number of carboxylic acids is 1. The number of rotatable bonds is 8. The maximum Gasteiger partial charge on any atom is 0.407 e. The number of fused-ring (bicyclic) bond motifs is 3. The van der Waals surface area contributed by atoms with Crippen LogP contribution < -0.4 is 10.6 Å². The third-order valence-corrected chi connectivity index (χ3v) is 5.80. The Morgan fingerprint density at radius 3 is 2.26 bits per heavy atom. The van der Waals surface area contributed by atoms with Gasteiger partial charge >= 0.3 is 12.1 Å². The van der Waals surface area contributed by atoms with Crippen molar-refractivity contribution in [3.05, 3.63) is 71.4 Å². The number of aromatic carboxylic acids is 1. The highest BCUT2D eigenvalue weighted by Gasteiger charge is 2.30. The van der Waals surface area contributed by atoms with Crippen LogP contribution in [0.1, 0.15) is 27.4 Å². The lowest BCUT2D eigenvalue weighted by Gasteiger charge is -2.22. The summed E-state index contributed by atoms with van der Waals surface area (Å²) in [5, 5.41) is 18.4. The van der Waals surface area contributed by atoms with Gasteiger partial charge in [0.05, 0.1) is 0 Å². The van der Waals surface area contributed by atoms with Crippen LogP contribution in [0, 0.1) is 0 Å². The Morgan fingerprint density at radius 2 is 1.69 bits per heavy atom. The minimum absolute atomic E-state index is 0.0944. The van der Waals surface area contributed by atoms with Gasteiger partial charge in [0.2, 0.25) is 5.91 Å². The molecule has 0 saturated heterocycles. The van der Waals surface area contributed by atoms with Crippen molar-refractivity contribution in [1.29, 1.82) is 0 Å². The number of benzene rings is 2. The van der Waals surface area contributed by atoms with E-state index in [9.17, 15) is 19.5 Å². The second-order valence-electron chi connectivity index (χ2n) is 8.64. The standard InChI is InChI=1S/C25H27N5O5/c1-29(2)13-21(23(31)27-22-19(24(32)33)12-30(3)28-22)26-25(34)35-14-20-17-10-6-4-8-15(17)16-9-5-7-11-18(16)20/h4-12,20-21H,13-14H2,1-3H3,(H,26,34)(H,32,33)(H,27,28,31)/t21-/m0/s1. The first kappa shape index (κ1) is 24.0. The van der Waals surface area contributed by atoms with Gasteiger partial charge in [0, 0.05) is 25.7 Å². The summed E-state index contributed by atoms with van der Waals surface area (Å²) in [6.07, 6.45) is 0.547. The van der Waals surface area contributed by atoms with Crippen molar-refractivity contribution in [2.75, 3.05) is 32.6 Å². The molecule has 0 saturated carbocycles. The molecule has 35 heavy (non-hydrogen) atoms. The molecular weight excluding hydrogens is 450 g/mol. The molecule has 1 aliphatic carbocycles.